The van der Waals surface area contributed by atoms with Crippen molar-refractivity contribution in [3.63, 3.8) is 0 Å². The summed E-state index contributed by atoms with van der Waals surface area (Å²) in [6.45, 7) is 0. The van der Waals surface area contributed by atoms with Gasteiger partial charge in [0.15, 0.2) is 6.29 Å². The molecule has 0 amide bonds. The van der Waals surface area contributed by atoms with E-state index in [2.05, 4.69) is 9.99 Å². The molecule has 0 rings (SSSR count). The first-order valence-electron chi connectivity index (χ1n) is 1.81. The summed E-state index contributed by atoms with van der Waals surface area (Å²) in [5.74, 6) is 0. The Morgan fingerprint density at radius 3 is 2.75 bits per heavy atom. The fraction of sp³-hybridized carbons (Fsp3) is 0.250. The van der Waals surface area contributed by atoms with Crippen LogP contribution in [0.25, 0.3) is 0 Å². The molecule has 4 nitrogen and oxygen atoms in total. The Hall–Kier alpha value is -1.37. The quantitative estimate of drug-likeness (QED) is 0.280. The lowest BCUT2D eigenvalue weighted by atomic mass is 10.5. The molecule has 0 aromatic rings. The number of nitriles is 1. The zero-order valence-corrected chi connectivity index (χ0v) is 4.29. The Labute approximate surface area is 46.4 Å². The molecule has 0 bridgehead atoms. The third-order valence-electron chi connectivity index (χ3n) is 0.416. The molecule has 0 heterocycles. The lowest BCUT2D eigenvalue weighted by Crippen LogP contribution is -1.94. The molecule has 0 aliphatic carbocycles. The van der Waals surface area contributed by atoms with E-state index < -0.39 is 0 Å². The minimum absolute atomic E-state index is 0.257. The van der Waals surface area contributed by atoms with Crippen LogP contribution in [-0.2, 0) is 9.63 Å². The summed E-state index contributed by atoms with van der Waals surface area (Å²) in [4.78, 5) is 13.8. The predicted octanol–water partition coefficient (Wildman–Crippen LogP) is -0.289. The predicted molar refractivity (Wildman–Crippen MR) is 26.1 cm³/mol. The maximum atomic E-state index is 9.69. The maximum absolute atomic E-state index is 9.69. The van der Waals surface area contributed by atoms with Gasteiger partial charge in [0.1, 0.15) is 13.2 Å². The van der Waals surface area contributed by atoms with Crippen molar-refractivity contribution in [2.75, 3.05) is 7.11 Å². The molecule has 0 fully saturated rings. The largest absolute Gasteiger partial charge is 0.398 e. The van der Waals surface area contributed by atoms with Gasteiger partial charge in [-0.3, -0.25) is 4.79 Å². The second-order valence-corrected chi connectivity index (χ2v) is 0.889. The number of nitrogens with zero attached hydrogens (tertiary/aromatic N) is 2. The van der Waals surface area contributed by atoms with Crippen molar-refractivity contribution in [2.45, 2.75) is 0 Å². The van der Waals surface area contributed by atoms with Crippen LogP contribution in [0.15, 0.2) is 5.16 Å². The minimum Gasteiger partial charge on any atom is -0.398 e. The van der Waals surface area contributed by atoms with E-state index >= 15 is 0 Å². The molecule has 0 N–H and O–H groups in total. The van der Waals surface area contributed by atoms with Crippen LogP contribution in [0, 0.1) is 11.3 Å². The lowest BCUT2D eigenvalue weighted by molar-refractivity contribution is -0.102. The highest BCUT2D eigenvalue weighted by molar-refractivity contribution is 6.35. The molecule has 0 unspecified atom stereocenters. The van der Waals surface area contributed by atoms with E-state index in [0.717, 1.165) is 0 Å². The standard InChI is InChI=1S/C4H4N2O2/c1-8-6-4(2-5)3-7/h3H,1H3/b6-4-. The van der Waals surface area contributed by atoms with E-state index in [9.17, 15) is 4.79 Å². The van der Waals surface area contributed by atoms with Crippen LogP contribution in [0.5, 0.6) is 0 Å². The molecule has 42 valence electrons. The molecule has 0 atom stereocenters. The topological polar surface area (TPSA) is 62.4 Å². The van der Waals surface area contributed by atoms with E-state index in [-0.39, 0.29) is 5.71 Å². The van der Waals surface area contributed by atoms with Crippen molar-refractivity contribution in [3.8, 4) is 6.07 Å². The third kappa shape index (κ3) is 1.92. The molecule has 0 radical (unpaired) electrons. The molecular weight excluding hydrogens is 108 g/mol. The van der Waals surface area contributed by atoms with Crippen LogP contribution in [-0.4, -0.2) is 19.1 Å². The molecule has 0 aliphatic heterocycles. The van der Waals surface area contributed by atoms with Crippen LogP contribution in [0.3, 0.4) is 0 Å². The fourth-order valence-electron chi connectivity index (χ4n) is 0.167. The van der Waals surface area contributed by atoms with Gasteiger partial charge in [-0.2, -0.15) is 5.26 Å². The molecule has 0 saturated carbocycles. The molecule has 8 heavy (non-hydrogen) atoms. The van der Waals surface area contributed by atoms with E-state index in [1.54, 1.807) is 0 Å². The van der Waals surface area contributed by atoms with E-state index in [0.29, 0.717) is 6.29 Å². The van der Waals surface area contributed by atoms with Gasteiger partial charge in [0.25, 0.3) is 0 Å². The fourth-order valence-corrected chi connectivity index (χ4v) is 0.167. The maximum Gasteiger partial charge on any atom is 0.219 e. The molecule has 4 heteroatoms. The average Bonchev–Trinajstić information content (AvgIpc) is 1.83. The number of hydrogen-bond donors (Lipinski definition) is 0. The zero-order chi connectivity index (χ0) is 6.41. The number of hydrogen-bond acceptors (Lipinski definition) is 4. The van der Waals surface area contributed by atoms with E-state index in [4.69, 9.17) is 5.26 Å². The number of carbonyl (C=O) groups is 1. The van der Waals surface area contributed by atoms with Crippen LogP contribution >= 0.6 is 0 Å². The number of rotatable bonds is 2. The first-order valence-corrected chi connectivity index (χ1v) is 1.81. The summed E-state index contributed by atoms with van der Waals surface area (Å²) in [6, 6.07) is 1.51. The Kier molecular flexibility index (Phi) is 3.16. The van der Waals surface area contributed by atoms with Crippen molar-refractivity contribution in [3.05, 3.63) is 0 Å². The highest BCUT2D eigenvalue weighted by Crippen LogP contribution is 1.70. The summed E-state index contributed by atoms with van der Waals surface area (Å²) >= 11 is 0. The van der Waals surface area contributed by atoms with Gasteiger partial charge in [0.2, 0.25) is 5.71 Å². The second-order valence-electron chi connectivity index (χ2n) is 0.889. The van der Waals surface area contributed by atoms with Crippen LogP contribution < -0.4 is 0 Å². The summed E-state index contributed by atoms with van der Waals surface area (Å²) in [5, 5.41) is 11.0. The van der Waals surface area contributed by atoms with Crippen LogP contribution in [0.4, 0.5) is 0 Å². The molecule has 0 saturated heterocycles. The van der Waals surface area contributed by atoms with Crippen molar-refractivity contribution < 1.29 is 9.63 Å². The summed E-state index contributed by atoms with van der Waals surface area (Å²) < 4.78 is 0. The minimum atomic E-state index is -0.257. The van der Waals surface area contributed by atoms with Crippen molar-refractivity contribution in [1.29, 1.82) is 5.26 Å². The van der Waals surface area contributed by atoms with Gasteiger partial charge >= 0.3 is 0 Å². The van der Waals surface area contributed by atoms with Crippen molar-refractivity contribution in [2.24, 2.45) is 5.16 Å². The molecule has 0 aromatic heterocycles. The van der Waals surface area contributed by atoms with Gasteiger partial charge in [0, 0.05) is 0 Å². The first-order chi connectivity index (χ1) is 3.85. The molecule has 0 spiro atoms. The van der Waals surface area contributed by atoms with Gasteiger partial charge in [-0.1, -0.05) is 5.16 Å². The van der Waals surface area contributed by atoms with Crippen LogP contribution in [0.2, 0.25) is 0 Å². The Balaban J connectivity index is 3.92. The third-order valence-corrected chi connectivity index (χ3v) is 0.416. The van der Waals surface area contributed by atoms with Gasteiger partial charge < -0.3 is 4.84 Å². The summed E-state index contributed by atoms with van der Waals surface area (Å²) in [6.07, 6.45) is 0.323. The Morgan fingerprint density at radius 2 is 2.62 bits per heavy atom. The lowest BCUT2D eigenvalue weighted by Gasteiger charge is -1.80. The SMILES string of the molecule is CO/N=C(/C#N)C=O. The molecule has 0 aliphatic rings. The Bertz CT molecular complexity index is 145. The Morgan fingerprint density at radius 1 is 2.00 bits per heavy atom. The highest BCUT2D eigenvalue weighted by Gasteiger charge is 1.89. The van der Waals surface area contributed by atoms with Gasteiger partial charge in [-0.15, -0.1) is 0 Å². The zero-order valence-electron chi connectivity index (χ0n) is 4.29. The highest BCUT2D eigenvalue weighted by atomic mass is 16.6. The number of aldehydes is 1. The number of carbonyl (C=O) groups excluding carboxylic acids is 1. The summed E-state index contributed by atoms with van der Waals surface area (Å²) in [5.41, 5.74) is -0.257. The smallest absolute Gasteiger partial charge is 0.219 e. The monoisotopic (exact) mass is 112 g/mol. The first kappa shape index (κ1) is 6.63. The van der Waals surface area contributed by atoms with E-state index in [1.807, 2.05) is 0 Å². The van der Waals surface area contributed by atoms with Crippen LogP contribution in [0.1, 0.15) is 0 Å². The van der Waals surface area contributed by atoms with Gasteiger partial charge in [-0.25, -0.2) is 0 Å². The van der Waals surface area contributed by atoms with Crippen molar-refractivity contribution in [1.82, 2.24) is 0 Å². The second kappa shape index (κ2) is 3.81. The van der Waals surface area contributed by atoms with Crippen molar-refractivity contribution >= 4 is 12.0 Å². The van der Waals surface area contributed by atoms with E-state index in [1.165, 1.54) is 13.2 Å². The van der Waals surface area contributed by atoms with Gasteiger partial charge in [-0.05, 0) is 0 Å². The average molecular weight is 112 g/mol. The number of oxime groups is 1. The molecular formula is C4H4N2O2. The summed E-state index contributed by atoms with van der Waals surface area (Å²) in [7, 11) is 1.26. The molecule has 0 aromatic carbocycles. The van der Waals surface area contributed by atoms with Gasteiger partial charge in [0.05, 0.1) is 0 Å². The normalized spacial score (nSPS) is 9.75.